The van der Waals surface area contributed by atoms with E-state index < -0.39 is 6.17 Å². The number of halogens is 1. The lowest BCUT2D eigenvalue weighted by atomic mass is 9.62. The monoisotopic (exact) mass is 300 g/mol. The van der Waals surface area contributed by atoms with Crippen molar-refractivity contribution in [2.75, 3.05) is 20.2 Å². The van der Waals surface area contributed by atoms with Crippen molar-refractivity contribution < 1.29 is 9.13 Å². The van der Waals surface area contributed by atoms with Crippen molar-refractivity contribution in [3.8, 4) is 0 Å². The van der Waals surface area contributed by atoms with Crippen LogP contribution in [0.1, 0.15) is 41.0 Å². The molecule has 2 saturated heterocycles. The van der Waals surface area contributed by atoms with E-state index in [-0.39, 0.29) is 23.5 Å². The zero-order valence-electron chi connectivity index (χ0n) is 14.4. The number of rotatable bonds is 2. The van der Waals surface area contributed by atoms with Gasteiger partial charge in [-0.25, -0.2) is 4.39 Å². The van der Waals surface area contributed by atoms with Gasteiger partial charge in [0.2, 0.25) is 0 Å². The van der Waals surface area contributed by atoms with Gasteiger partial charge in [-0.15, -0.1) is 0 Å². The van der Waals surface area contributed by atoms with E-state index in [0.717, 1.165) is 19.5 Å². The minimum absolute atomic E-state index is 0.0000231. The van der Waals surface area contributed by atoms with E-state index in [9.17, 15) is 4.39 Å². The number of hydrogen-bond acceptors (Lipinski definition) is 3. The highest BCUT2D eigenvalue weighted by Gasteiger charge is 2.48. The van der Waals surface area contributed by atoms with Crippen molar-refractivity contribution in [3.63, 3.8) is 0 Å². The van der Waals surface area contributed by atoms with Crippen molar-refractivity contribution in [3.05, 3.63) is 0 Å². The first-order valence-corrected chi connectivity index (χ1v) is 8.39. The molecule has 0 spiro atoms. The normalized spacial score (nSPS) is 45.6. The fourth-order valence-corrected chi connectivity index (χ4v) is 4.35. The predicted octanol–water partition coefficient (Wildman–Crippen LogP) is 2.61. The Morgan fingerprint density at radius 1 is 1.10 bits per heavy atom. The van der Waals surface area contributed by atoms with Crippen LogP contribution < -0.4 is 10.6 Å². The number of alkyl halides is 1. The Morgan fingerprint density at radius 3 is 2.33 bits per heavy atom. The molecule has 0 saturated carbocycles. The third-order valence-corrected chi connectivity index (χ3v) is 5.65. The number of piperidine rings is 2. The summed E-state index contributed by atoms with van der Waals surface area (Å²) in [6.07, 6.45) is 0.194. The minimum atomic E-state index is -0.830. The van der Waals surface area contributed by atoms with Crippen LogP contribution in [0.4, 0.5) is 4.39 Å². The lowest BCUT2D eigenvalue weighted by Crippen LogP contribution is -2.60. The van der Waals surface area contributed by atoms with E-state index in [1.54, 1.807) is 7.11 Å². The Hall–Kier alpha value is -0.190. The number of nitrogens with one attached hydrogen (secondary N) is 2. The van der Waals surface area contributed by atoms with Gasteiger partial charge in [-0.3, -0.25) is 0 Å². The largest absolute Gasteiger partial charge is 0.380 e. The first kappa shape index (κ1) is 17.2. The zero-order chi connectivity index (χ0) is 15.8. The molecule has 7 atom stereocenters. The van der Waals surface area contributed by atoms with Crippen LogP contribution in [-0.4, -0.2) is 44.6 Å². The quantitative estimate of drug-likeness (QED) is 0.822. The van der Waals surface area contributed by atoms with Crippen LogP contribution in [0.3, 0.4) is 0 Å². The Morgan fingerprint density at radius 2 is 1.76 bits per heavy atom. The summed E-state index contributed by atoms with van der Waals surface area (Å²) in [4.78, 5) is 0. The van der Waals surface area contributed by atoms with Crippen LogP contribution in [0.25, 0.3) is 0 Å². The lowest BCUT2D eigenvalue weighted by molar-refractivity contribution is -0.0808. The van der Waals surface area contributed by atoms with E-state index in [1.807, 2.05) is 6.92 Å². The fourth-order valence-electron chi connectivity index (χ4n) is 4.35. The van der Waals surface area contributed by atoms with Gasteiger partial charge >= 0.3 is 0 Å². The molecule has 124 valence electrons. The van der Waals surface area contributed by atoms with E-state index in [0.29, 0.717) is 17.9 Å². The SMILES string of the molecule is COC1CNC(C)C(F)C1C1CC(C)NCC1C(C)(C)C. The molecule has 0 radical (unpaired) electrons. The zero-order valence-corrected chi connectivity index (χ0v) is 14.4. The summed E-state index contributed by atoms with van der Waals surface area (Å²) in [5, 5.41) is 6.84. The average molecular weight is 300 g/mol. The van der Waals surface area contributed by atoms with Gasteiger partial charge in [-0.05, 0) is 44.1 Å². The molecule has 2 heterocycles. The van der Waals surface area contributed by atoms with Gasteiger partial charge in [0.1, 0.15) is 6.17 Å². The van der Waals surface area contributed by atoms with Gasteiger partial charge < -0.3 is 15.4 Å². The molecule has 0 aromatic heterocycles. The highest BCUT2D eigenvalue weighted by atomic mass is 19.1. The number of ether oxygens (including phenoxy) is 1. The van der Waals surface area contributed by atoms with Gasteiger partial charge in [-0.1, -0.05) is 20.8 Å². The summed E-state index contributed by atoms with van der Waals surface area (Å²) in [6.45, 7) is 12.8. The van der Waals surface area contributed by atoms with Crippen molar-refractivity contribution in [2.24, 2.45) is 23.2 Å². The Bertz CT molecular complexity index is 342. The molecule has 0 amide bonds. The third kappa shape index (κ3) is 3.59. The summed E-state index contributed by atoms with van der Waals surface area (Å²) in [7, 11) is 1.72. The van der Waals surface area contributed by atoms with Crippen LogP contribution in [-0.2, 0) is 4.74 Å². The maximum absolute atomic E-state index is 15.0. The second kappa shape index (κ2) is 6.51. The highest BCUT2D eigenvalue weighted by Crippen LogP contribution is 2.44. The Kier molecular flexibility index (Phi) is 5.32. The molecule has 2 aliphatic rings. The molecule has 7 unspecified atom stereocenters. The smallest absolute Gasteiger partial charge is 0.121 e. The molecule has 0 aliphatic carbocycles. The van der Waals surface area contributed by atoms with Gasteiger partial charge in [0.15, 0.2) is 0 Å². The Labute approximate surface area is 129 Å². The summed E-state index contributed by atoms with van der Waals surface area (Å²) < 4.78 is 20.6. The van der Waals surface area contributed by atoms with E-state index in [2.05, 4.69) is 38.3 Å². The number of methoxy groups -OCH3 is 1. The first-order chi connectivity index (χ1) is 9.75. The first-order valence-electron chi connectivity index (χ1n) is 8.39. The molecule has 0 aromatic rings. The van der Waals surface area contributed by atoms with Crippen LogP contribution in [0.2, 0.25) is 0 Å². The van der Waals surface area contributed by atoms with Crippen LogP contribution in [0.5, 0.6) is 0 Å². The summed E-state index contributed by atoms with van der Waals surface area (Å²) in [5.41, 5.74) is 0.184. The minimum Gasteiger partial charge on any atom is -0.380 e. The molecule has 2 N–H and O–H groups in total. The summed E-state index contributed by atoms with van der Waals surface area (Å²) in [5.74, 6) is 0.866. The average Bonchev–Trinajstić information content (AvgIpc) is 2.40. The van der Waals surface area contributed by atoms with Gasteiger partial charge in [0.05, 0.1) is 6.10 Å². The summed E-state index contributed by atoms with van der Waals surface area (Å²) >= 11 is 0. The molecule has 21 heavy (non-hydrogen) atoms. The second-order valence-electron chi connectivity index (χ2n) is 8.17. The maximum atomic E-state index is 15.0. The Balaban J connectivity index is 2.27. The molecular weight excluding hydrogens is 267 g/mol. The molecular formula is C17H33FN2O. The van der Waals surface area contributed by atoms with Crippen LogP contribution in [0, 0.1) is 23.2 Å². The molecule has 2 aliphatic heterocycles. The third-order valence-electron chi connectivity index (χ3n) is 5.65. The fraction of sp³-hybridized carbons (Fsp3) is 1.00. The van der Waals surface area contributed by atoms with Gasteiger partial charge in [0.25, 0.3) is 0 Å². The standard InChI is InChI=1S/C17H33FN2O/c1-10-7-12(13(8-19-10)17(3,4)5)15-14(21-6)9-20-11(2)16(15)18/h10-16,19-20H,7-9H2,1-6H3. The molecule has 3 nitrogen and oxygen atoms in total. The highest BCUT2D eigenvalue weighted by molar-refractivity contribution is 5.00. The molecule has 2 fully saturated rings. The maximum Gasteiger partial charge on any atom is 0.121 e. The summed E-state index contributed by atoms with van der Waals surface area (Å²) in [6, 6.07) is 0.385. The van der Waals surface area contributed by atoms with E-state index >= 15 is 0 Å². The van der Waals surface area contributed by atoms with Crippen molar-refractivity contribution >= 4 is 0 Å². The lowest BCUT2D eigenvalue weighted by Gasteiger charge is -2.51. The second-order valence-corrected chi connectivity index (χ2v) is 8.17. The molecule has 0 bridgehead atoms. The number of hydrogen-bond donors (Lipinski definition) is 2. The van der Waals surface area contributed by atoms with Crippen LogP contribution in [0.15, 0.2) is 0 Å². The molecule has 2 rings (SSSR count). The van der Waals surface area contributed by atoms with Crippen LogP contribution >= 0.6 is 0 Å². The molecule has 0 aromatic carbocycles. The molecule has 4 heteroatoms. The van der Waals surface area contributed by atoms with Crippen molar-refractivity contribution in [1.82, 2.24) is 10.6 Å². The predicted molar refractivity (Wildman–Crippen MR) is 85.2 cm³/mol. The van der Waals surface area contributed by atoms with Gasteiger partial charge in [-0.2, -0.15) is 0 Å². The van der Waals surface area contributed by atoms with Gasteiger partial charge in [0, 0.05) is 31.7 Å². The topological polar surface area (TPSA) is 33.3 Å². The van der Waals surface area contributed by atoms with E-state index in [1.165, 1.54) is 0 Å². The van der Waals surface area contributed by atoms with E-state index in [4.69, 9.17) is 4.74 Å². The van der Waals surface area contributed by atoms with Crippen molar-refractivity contribution in [1.29, 1.82) is 0 Å². The van der Waals surface area contributed by atoms with Crippen molar-refractivity contribution in [2.45, 2.75) is 65.4 Å².